The molecule has 1 aromatic carbocycles. The van der Waals surface area contributed by atoms with Gasteiger partial charge in [0.2, 0.25) is 0 Å². The molecule has 0 saturated heterocycles. The molecule has 0 spiro atoms. The number of hydrogen-bond donors (Lipinski definition) is 0. The maximum absolute atomic E-state index is 13.0. The molecule has 0 amide bonds. The second kappa shape index (κ2) is 5.95. The van der Waals surface area contributed by atoms with E-state index in [0.717, 1.165) is 25.2 Å². The highest BCUT2D eigenvalue weighted by Gasteiger charge is 2.28. The van der Waals surface area contributed by atoms with Crippen molar-refractivity contribution in [3.8, 4) is 0 Å². The second-order valence-corrected chi connectivity index (χ2v) is 5.63. The Morgan fingerprint density at radius 2 is 2.10 bits per heavy atom. The van der Waals surface area contributed by atoms with Crippen molar-refractivity contribution in [2.24, 2.45) is 7.05 Å². The summed E-state index contributed by atoms with van der Waals surface area (Å²) in [7, 11) is 3.71. The summed E-state index contributed by atoms with van der Waals surface area (Å²) >= 11 is 0. The van der Waals surface area contributed by atoms with Crippen molar-refractivity contribution in [1.29, 1.82) is 0 Å². The molecule has 2 aromatic rings. The number of methoxy groups -OCH3 is 1. The van der Waals surface area contributed by atoms with E-state index in [-0.39, 0.29) is 5.82 Å². The molecule has 5 heteroatoms. The number of rotatable bonds is 4. The zero-order valence-corrected chi connectivity index (χ0v) is 12.4. The molecule has 1 aliphatic heterocycles. The van der Waals surface area contributed by atoms with Crippen LogP contribution in [0.1, 0.15) is 22.7 Å². The number of nitrogens with zero attached hydrogens (tertiary/aromatic N) is 3. The van der Waals surface area contributed by atoms with Crippen LogP contribution in [0.3, 0.4) is 0 Å². The summed E-state index contributed by atoms with van der Waals surface area (Å²) in [5, 5.41) is 4.37. The first-order chi connectivity index (χ1) is 10.2. The molecule has 0 bridgehead atoms. The van der Waals surface area contributed by atoms with E-state index in [0.29, 0.717) is 12.5 Å². The van der Waals surface area contributed by atoms with Gasteiger partial charge in [-0.2, -0.15) is 5.10 Å². The summed E-state index contributed by atoms with van der Waals surface area (Å²) < 4.78 is 20.3. The van der Waals surface area contributed by atoms with Crippen molar-refractivity contribution in [2.45, 2.75) is 19.0 Å². The largest absolute Gasteiger partial charge is 0.384 e. The van der Waals surface area contributed by atoms with Gasteiger partial charge in [0.1, 0.15) is 5.82 Å². The Kier molecular flexibility index (Phi) is 4.03. The fraction of sp³-hybridized carbons (Fsp3) is 0.438. The second-order valence-electron chi connectivity index (χ2n) is 5.63. The van der Waals surface area contributed by atoms with Crippen molar-refractivity contribution in [1.82, 2.24) is 14.7 Å². The monoisotopic (exact) mass is 289 g/mol. The first kappa shape index (κ1) is 14.2. The molecule has 112 valence electrons. The first-order valence-corrected chi connectivity index (χ1v) is 7.14. The number of aromatic nitrogens is 2. The van der Waals surface area contributed by atoms with Crippen LogP contribution in [0.2, 0.25) is 0 Å². The Morgan fingerprint density at radius 3 is 2.81 bits per heavy atom. The lowest BCUT2D eigenvalue weighted by Crippen LogP contribution is -2.35. The van der Waals surface area contributed by atoms with Crippen LogP contribution < -0.4 is 0 Å². The normalized spacial score (nSPS) is 18.7. The number of aryl methyl sites for hydroxylation is 1. The fourth-order valence-electron chi connectivity index (χ4n) is 3.15. The van der Waals surface area contributed by atoms with Gasteiger partial charge in [0, 0.05) is 51.0 Å². The van der Waals surface area contributed by atoms with E-state index < -0.39 is 0 Å². The molecule has 1 aliphatic rings. The van der Waals surface area contributed by atoms with Gasteiger partial charge in [0.15, 0.2) is 0 Å². The number of benzene rings is 1. The predicted molar refractivity (Wildman–Crippen MR) is 78.3 cm³/mol. The lowest BCUT2D eigenvalue weighted by atomic mass is 9.96. The van der Waals surface area contributed by atoms with Gasteiger partial charge in [-0.25, -0.2) is 4.39 Å². The van der Waals surface area contributed by atoms with E-state index in [9.17, 15) is 4.39 Å². The predicted octanol–water partition coefficient (Wildman–Crippen LogP) is 2.31. The van der Waals surface area contributed by atoms with E-state index in [1.54, 1.807) is 7.11 Å². The summed E-state index contributed by atoms with van der Waals surface area (Å²) in [5.74, 6) is 0.135. The molecule has 21 heavy (non-hydrogen) atoms. The molecule has 1 atom stereocenters. The Morgan fingerprint density at radius 1 is 1.33 bits per heavy atom. The van der Waals surface area contributed by atoms with Gasteiger partial charge in [0.25, 0.3) is 0 Å². The molecule has 0 aliphatic carbocycles. The lowest BCUT2D eigenvalue weighted by Gasteiger charge is -2.32. The van der Waals surface area contributed by atoms with E-state index in [2.05, 4.69) is 10.00 Å². The maximum atomic E-state index is 13.0. The van der Waals surface area contributed by atoms with Crippen LogP contribution in [0.25, 0.3) is 0 Å². The SMILES string of the molecule is COC[C@@H]1CN(Cc2ccc(F)cc2)Cc2cnn(C)c21. The highest BCUT2D eigenvalue weighted by atomic mass is 19.1. The number of fused-ring (bicyclic) bond motifs is 1. The van der Waals surface area contributed by atoms with Gasteiger partial charge in [-0.1, -0.05) is 12.1 Å². The summed E-state index contributed by atoms with van der Waals surface area (Å²) in [4.78, 5) is 2.36. The average Bonchev–Trinajstić information content (AvgIpc) is 2.83. The standard InChI is InChI=1S/C16H20FN3O/c1-19-16-13(7-18-19)9-20(10-14(16)11-21-2)8-12-3-5-15(17)6-4-12/h3-7,14H,8-11H2,1-2H3/t14-/m0/s1. The van der Waals surface area contributed by atoms with Gasteiger partial charge in [-0.3, -0.25) is 9.58 Å². The summed E-state index contributed by atoms with van der Waals surface area (Å²) in [6.07, 6.45) is 1.94. The molecular formula is C16H20FN3O. The highest BCUT2D eigenvalue weighted by Crippen LogP contribution is 2.29. The van der Waals surface area contributed by atoms with Crippen LogP contribution in [0.5, 0.6) is 0 Å². The molecule has 4 nitrogen and oxygen atoms in total. The Balaban J connectivity index is 1.78. The molecule has 2 heterocycles. The molecule has 0 N–H and O–H groups in total. The first-order valence-electron chi connectivity index (χ1n) is 7.14. The molecule has 0 unspecified atom stereocenters. The molecule has 0 radical (unpaired) electrons. The average molecular weight is 289 g/mol. The topological polar surface area (TPSA) is 30.3 Å². The number of ether oxygens (including phenoxy) is 1. The lowest BCUT2D eigenvalue weighted by molar-refractivity contribution is 0.132. The fourth-order valence-corrected chi connectivity index (χ4v) is 3.15. The van der Waals surface area contributed by atoms with E-state index >= 15 is 0 Å². The van der Waals surface area contributed by atoms with Crippen molar-refractivity contribution >= 4 is 0 Å². The zero-order chi connectivity index (χ0) is 14.8. The summed E-state index contributed by atoms with van der Waals surface area (Å²) in [6.45, 7) is 3.31. The van der Waals surface area contributed by atoms with Crippen LogP contribution in [-0.4, -0.2) is 34.9 Å². The molecule has 0 saturated carbocycles. The molecule has 3 rings (SSSR count). The summed E-state index contributed by atoms with van der Waals surface area (Å²) in [6, 6.07) is 6.72. The third-order valence-electron chi connectivity index (χ3n) is 4.01. The van der Waals surface area contributed by atoms with Crippen molar-refractivity contribution < 1.29 is 9.13 Å². The van der Waals surface area contributed by atoms with Gasteiger partial charge >= 0.3 is 0 Å². The Bertz CT molecular complexity index is 608. The minimum atomic E-state index is -0.191. The zero-order valence-electron chi connectivity index (χ0n) is 12.4. The highest BCUT2D eigenvalue weighted by molar-refractivity contribution is 5.26. The van der Waals surface area contributed by atoms with E-state index in [4.69, 9.17) is 4.74 Å². The smallest absolute Gasteiger partial charge is 0.123 e. The maximum Gasteiger partial charge on any atom is 0.123 e. The molecular weight excluding hydrogens is 269 g/mol. The number of hydrogen-bond acceptors (Lipinski definition) is 3. The minimum Gasteiger partial charge on any atom is -0.384 e. The van der Waals surface area contributed by atoms with Crippen LogP contribution in [0, 0.1) is 5.82 Å². The van der Waals surface area contributed by atoms with Crippen LogP contribution in [0.4, 0.5) is 4.39 Å². The Labute approximate surface area is 124 Å². The third kappa shape index (κ3) is 2.99. The van der Waals surface area contributed by atoms with Crippen molar-refractivity contribution in [2.75, 3.05) is 20.3 Å². The number of halogens is 1. The van der Waals surface area contributed by atoms with Crippen LogP contribution >= 0.6 is 0 Å². The van der Waals surface area contributed by atoms with Crippen LogP contribution in [0.15, 0.2) is 30.5 Å². The molecule has 0 fully saturated rings. The van der Waals surface area contributed by atoms with Gasteiger partial charge in [-0.05, 0) is 17.7 Å². The Hall–Kier alpha value is -1.72. The third-order valence-corrected chi connectivity index (χ3v) is 4.01. The van der Waals surface area contributed by atoms with Crippen molar-refractivity contribution in [3.05, 3.63) is 53.1 Å². The van der Waals surface area contributed by atoms with Gasteiger partial charge in [0.05, 0.1) is 12.8 Å². The molecule has 1 aromatic heterocycles. The quantitative estimate of drug-likeness (QED) is 0.865. The minimum absolute atomic E-state index is 0.191. The van der Waals surface area contributed by atoms with Gasteiger partial charge in [-0.15, -0.1) is 0 Å². The summed E-state index contributed by atoms with van der Waals surface area (Å²) in [5.41, 5.74) is 3.65. The van der Waals surface area contributed by atoms with Crippen molar-refractivity contribution in [3.63, 3.8) is 0 Å². The van der Waals surface area contributed by atoms with E-state index in [1.165, 1.54) is 23.4 Å². The van der Waals surface area contributed by atoms with Crippen LogP contribution in [-0.2, 0) is 24.9 Å². The van der Waals surface area contributed by atoms with E-state index in [1.807, 2.05) is 30.1 Å². The van der Waals surface area contributed by atoms with Gasteiger partial charge < -0.3 is 4.74 Å².